The average molecular weight is 329 g/mol. The van der Waals surface area contributed by atoms with Gasteiger partial charge in [0.15, 0.2) is 11.5 Å². The molecule has 0 heterocycles. The topological polar surface area (TPSA) is 142 Å². The molecule has 0 bridgehead atoms. The summed E-state index contributed by atoms with van der Waals surface area (Å²) in [4.78, 5) is 33.6. The standard InChI is InChI=1S/C15H11N3O6/c19-12-5-4-9(6-13(12)20)8-16-17-15(22)14(21)10-2-1-3-11(7-10)18(23)24/h1-8,19-20H,(H,17,22)/b16-8+. The predicted molar refractivity (Wildman–Crippen MR) is 82.9 cm³/mol. The number of ketones is 1. The van der Waals surface area contributed by atoms with Gasteiger partial charge in [-0.15, -0.1) is 0 Å². The van der Waals surface area contributed by atoms with Crippen molar-refractivity contribution in [1.82, 2.24) is 5.43 Å². The Kier molecular flexibility index (Phi) is 4.85. The van der Waals surface area contributed by atoms with Crippen molar-refractivity contribution in [2.75, 3.05) is 0 Å². The molecule has 2 aromatic carbocycles. The number of phenolic OH excluding ortho intramolecular Hbond substituents is 2. The number of benzene rings is 2. The van der Waals surface area contributed by atoms with Crippen LogP contribution < -0.4 is 5.43 Å². The Labute approximate surface area is 135 Å². The third kappa shape index (κ3) is 3.91. The number of hydrogen-bond acceptors (Lipinski definition) is 7. The molecule has 0 radical (unpaired) electrons. The van der Waals surface area contributed by atoms with Crippen LogP contribution in [0.25, 0.3) is 0 Å². The van der Waals surface area contributed by atoms with Gasteiger partial charge in [-0.2, -0.15) is 5.10 Å². The maximum atomic E-state index is 11.9. The minimum absolute atomic E-state index is 0.140. The highest BCUT2D eigenvalue weighted by molar-refractivity contribution is 6.42. The Morgan fingerprint density at radius 1 is 1.12 bits per heavy atom. The molecule has 0 fully saturated rings. The van der Waals surface area contributed by atoms with Gasteiger partial charge in [0, 0.05) is 17.7 Å². The number of nitrogens with one attached hydrogen (secondary N) is 1. The Morgan fingerprint density at radius 2 is 1.88 bits per heavy atom. The highest BCUT2D eigenvalue weighted by atomic mass is 16.6. The summed E-state index contributed by atoms with van der Waals surface area (Å²) in [6.07, 6.45) is 1.15. The van der Waals surface area contributed by atoms with Crippen LogP contribution in [0.4, 0.5) is 5.69 Å². The summed E-state index contributed by atoms with van der Waals surface area (Å²) < 4.78 is 0. The van der Waals surface area contributed by atoms with E-state index < -0.39 is 16.6 Å². The van der Waals surface area contributed by atoms with Gasteiger partial charge in [-0.3, -0.25) is 19.7 Å². The molecule has 0 aromatic heterocycles. The zero-order chi connectivity index (χ0) is 17.7. The summed E-state index contributed by atoms with van der Waals surface area (Å²) in [7, 11) is 0. The minimum atomic E-state index is -1.07. The summed E-state index contributed by atoms with van der Waals surface area (Å²) in [6, 6.07) is 8.61. The lowest BCUT2D eigenvalue weighted by Crippen LogP contribution is -2.27. The molecule has 9 nitrogen and oxygen atoms in total. The van der Waals surface area contributed by atoms with E-state index in [1.807, 2.05) is 5.43 Å². The van der Waals surface area contributed by atoms with Gasteiger partial charge in [0.05, 0.1) is 11.1 Å². The number of nitro benzene ring substituents is 1. The molecule has 0 atom stereocenters. The molecule has 0 aliphatic heterocycles. The van der Waals surface area contributed by atoms with E-state index in [1.54, 1.807) is 0 Å². The average Bonchev–Trinajstić information content (AvgIpc) is 2.57. The third-order valence-electron chi connectivity index (χ3n) is 2.90. The van der Waals surface area contributed by atoms with E-state index in [4.69, 9.17) is 5.11 Å². The normalized spacial score (nSPS) is 10.5. The number of hydrogen-bond donors (Lipinski definition) is 3. The molecule has 2 rings (SSSR count). The van der Waals surface area contributed by atoms with Crippen LogP contribution >= 0.6 is 0 Å². The van der Waals surface area contributed by atoms with Crippen molar-refractivity contribution in [3.8, 4) is 11.5 Å². The SMILES string of the molecule is O=C(N/N=C/c1ccc(O)c(O)c1)C(=O)c1cccc([N+](=O)[O-])c1. The number of carbonyl (C=O) groups excluding carboxylic acids is 2. The largest absolute Gasteiger partial charge is 0.504 e. The number of Topliss-reactive ketones (excluding diaryl/α,β-unsaturated/α-hetero) is 1. The van der Waals surface area contributed by atoms with E-state index in [-0.39, 0.29) is 22.7 Å². The van der Waals surface area contributed by atoms with E-state index >= 15 is 0 Å². The summed E-state index contributed by atoms with van der Waals surface area (Å²) in [5.74, 6) is -2.73. The molecule has 3 N–H and O–H groups in total. The number of rotatable bonds is 5. The van der Waals surface area contributed by atoms with Crippen LogP contribution in [-0.2, 0) is 4.79 Å². The first kappa shape index (κ1) is 16.6. The van der Waals surface area contributed by atoms with Crippen molar-refractivity contribution in [2.24, 2.45) is 5.10 Å². The highest BCUT2D eigenvalue weighted by Gasteiger charge is 2.18. The number of hydrazone groups is 1. The van der Waals surface area contributed by atoms with E-state index in [0.717, 1.165) is 12.3 Å². The van der Waals surface area contributed by atoms with Crippen molar-refractivity contribution in [2.45, 2.75) is 0 Å². The lowest BCUT2D eigenvalue weighted by molar-refractivity contribution is -0.384. The minimum Gasteiger partial charge on any atom is -0.504 e. The number of non-ortho nitro benzene ring substituents is 1. The number of nitrogens with zero attached hydrogens (tertiary/aromatic N) is 2. The van der Waals surface area contributed by atoms with Crippen LogP contribution in [0.1, 0.15) is 15.9 Å². The number of carbonyl (C=O) groups is 2. The third-order valence-corrected chi connectivity index (χ3v) is 2.90. The maximum absolute atomic E-state index is 11.9. The molecule has 0 aliphatic rings. The Bertz CT molecular complexity index is 847. The molecular weight excluding hydrogens is 318 g/mol. The fourth-order valence-electron chi connectivity index (χ4n) is 1.73. The van der Waals surface area contributed by atoms with Crippen molar-refractivity contribution in [3.63, 3.8) is 0 Å². The highest BCUT2D eigenvalue weighted by Crippen LogP contribution is 2.23. The summed E-state index contributed by atoms with van der Waals surface area (Å²) in [5.41, 5.74) is 1.90. The van der Waals surface area contributed by atoms with Crippen molar-refractivity contribution in [1.29, 1.82) is 0 Å². The fraction of sp³-hybridized carbons (Fsp3) is 0. The van der Waals surface area contributed by atoms with Gasteiger partial charge < -0.3 is 10.2 Å². The number of phenols is 2. The van der Waals surface area contributed by atoms with Crippen molar-refractivity contribution >= 4 is 23.6 Å². The molecule has 24 heavy (non-hydrogen) atoms. The fourth-order valence-corrected chi connectivity index (χ4v) is 1.73. The van der Waals surface area contributed by atoms with Crippen LogP contribution in [0.5, 0.6) is 11.5 Å². The Hall–Kier alpha value is -3.75. The van der Waals surface area contributed by atoms with E-state index in [2.05, 4.69) is 5.10 Å². The number of amides is 1. The molecular formula is C15H11N3O6. The van der Waals surface area contributed by atoms with Crippen molar-refractivity contribution in [3.05, 3.63) is 63.7 Å². The first-order chi connectivity index (χ1) is 11.4. The maximum Gasteiger partial charge on any atom is 0.312 e. The van der Waals surface area contributed by atoms with E-state index in [1.165, 1.54) is 36.4 Å². The lowest BCUT2D eigenvalue weighted by atomic mass is 10.1. The second kappa shape index (κ2) is 7.01. The van der Waals surface area contributed by atoms with Crippen LogP contribution in [0, 0.1) is 10.1 Å². The molecule has 0 saturated carbocycles. The quantitative estimate of drug-likeness (QED) is 0.189. The van der Waals surface area contributed by atoms with Gasteiger partial charge in [0.25, 0.3) is 11.5 Å². The molecule has 0 aliphatic carbocycles. The van der Waals surface area contributed by atoms with Crippen molar-refractivity contribution < 1.29 is 24.7 Å². The molecule has 1 amide bonds. The summed E-state index contributed by atoms with van der Waals surface area (Å²) in [6.45, 7) is 0. The van der Waals surface area contributed by atoms with Crippen LogP contribution in [0.2, 0.25) is 0 Å². The predicted octanol–water partition coefficient (Wildman–Crippen LogP) is 1.34. The lowest BCUT2D eigenvalue weighted by Gasteiger charge is -2.00. The van der Waals surface area contributed by atoms with Gasteiger partial charge in [-0.25, -0.2) is 5.43 Å². The first-order valence-electron chi connectivity index (χ1n) is 6.52. The molecule has 9 heteroatoms. The zero-order valence-electron chi connectivity index (χ0n) is 12.0. The molecule has 0 saturated heterocycles. The molecule has 2 aromatic rings. The second-order valence-electron chi connectivity index (χ2n) is 4.58. The van der Waals surface area contributed by atoms with Gasteiger partial charge in [-0.05, 0) is 23.8 Å². The van der Waals surface area contributed by atoms with Gasteiger partial charge in [0.1, 0.15) is 0 Å². The van der Waals surface area contributed by atoms with Gasteiger partial charge in [0.2, 0.25) is 0 Å². The Balaban J connectivity index is 2.05. The molecule has 0 unspecified atom stereocenters. The first-order valence-corrected chi connectivity index (χ1v) is 6.52. The van der Waals surface area contributed by atoms with Crippen LogP contribution in [-0.4, -0.2) is 33.0 Å². The molecule has 0 spiro atoms. The number of nitro groups is 1. The monoisotopic (exact) mass is 329 g/mol. The van der Waals surface area contributed by atoms with E-state index in [0.29, 0.717) is 5.56 Å². The van der Waals surface area contributed by atoms with Gasteiger partial charge >= 0.3 is 5.91 Å². The Morgan fingerprint density at radius 3 is 2.54 bits per heavy atom. The van der Waals surface area contributed by atoms with E-state index in [9.17, 15) is 24.8 Å². The zero-order valence-corrected chi connectivity index (χ0v) is 12.0. The summed E-state index contributed by atoms with van der Waals surface area (Å²) >= 11 is 0. The van der Waals surface area contributed by atoms with Gasteiger partial charge in [-0.1, -0.05) is 12.1 Å². The summed E-state index contributed by atoms with van der Waals surface area (Å²) in [5, 5.41) is 32.7. The smallest absolute Gasteiger partial charge is 0.312 e. The number of aromatic hydroxyl groups is 2. The molecule has 122 valence electrons. The second-order valence-corrected chi connectivity index (χ2v) is 4.58. The van der Waals surface area contributed by atoms with Crippen LogP contribution in [0.15, 0.2) is 47.6 Å². The van der Waals surface area contributed by atoms with Crippen LogP contribution in [0.3, 0.4) is 0 Å².